The number of furan rings is 1. The van der Waals surface area contributed by atoms with Crippen molar-refractivity contribution in [3.8, 4) is 23.0 Å². The summed E-state index contributed by atoms with van der Waals surface area (Å²) in [6.07, 6.45) is 1.55. The Labute approximate surface area is 208 Å². The molecule has 2 aromatic heterocycles. The minimum Gasteiger partial charge on any atom is -0.497 e. The van der Waals surface area contributed by atoms with Gasteiger partial charge in [0.05, 0.1) is 27.0 Å². The highest BCUT2D eigenvalue weighted by Crippen LogP contribution is 2.35. The van der Waals surface area contributed by atoms with Crippen molar-refractivity contribution in [3.05, 3.63) is 84.3 Å². The number of nitrogens with zero attached hydrogens (tertiary/aromatic N) is 3. The van der Waals surface area contributed by atoms with Gasteiger partial charge in [-0.25, -0.2) is 0 Å². The highest BCUT2D eigenvalue weighted by Gasteiger charge is 2.49. The summed E-state index contributed by atoms with van der Waals surface area (Å²) in [5.74, 6) is 1.30. The van der Waals surface area contributed by atoms with Crippen LogP contribution in [0.5, 0.6) is 11.5 Å². The molecule has 1 aliphatic heterocycles. The van der Waals surface area contributed by atoms with Gasteiger partial charge in [-0.05, 0) is 61.0 Å². The molecular formula is C27H26N4O5. The maximum atomic E-state index is 13.8. The van der Waals surface area contributed by atoms with Crippen LogP contribution in [0.4, 0.5) is 5.69 Å². The van der Waals surface area contributed by atoms with E-state index in [4.69, 9.17) is 13.9 Å². The number of aromatic nitrogens is 2. The minimum atomic E-state index is -1.25. The Morgan fingerprint density at radius 3 is 2.33 bits per heavy atom. The first-order chi connectivity index (χ1) is 17.4. The molecular weight excluding hydrogens is 460 g/mol. The zero-order valence-corrected chi connectivity index (χ0v) is 20.2. The molecule has 36 heavy (non-hydrogen) atoms. The van der Waals surface area contributed by atoms with Crippen LogP contribution in [0.3, 0.4) is 0 Å². The summed E-state index contributed by atoms with van der Waals surface area (Å²) in [4.78, 5) is 29.1. The Balaban J connectivity index is 1.50. The van der Waals surface area contributed by atoms with Crippen molar-refractivity contribution in [1.82, 2.24) is 15.1 Å². The Bertz CT molecular complexity index is 1380. The van der Waals surface area contributed by atoms with Crippen LogP contribution in [0, 0.1) is 0 Å². The summed E-state index contributed by atoms with van der Waals surface area (Å²) in [6, 6.07) is 19.7. The predicted octanol–water partition coefficient (Wildman–Crippen LogP) is 3.90. The molecule has 1 atom stereocenters. The summed E-state index contributed by atoms with van der Waals surface area (Å²) in [7, 11) is 3.18. The van der Waals surface area contributed by atoms with Crippen LogP contribution in [-0.4, -0.2) is 41.4 Å². The van der Waals surface area contributed by atoms with Crippen molar-refractivity contribution in [1.29, 1.82) is 0 Å². The molecule has 0 saturated carbocycles. The second-order valence-electron chi connectivity index (χ2n) is 8.69. The van der Waals surface area contributed by atoms with Gasteiger partial charge in [0.25, 0.3) is 5.91 Å². The molecule has 1 N–H and O–H groups in total. The molecule has 9 heteroatoms. The number of fused-ring (bicyclic) bond motifs is 1. The quantitative estimate of drug-likeness (QED) is 0.426. The van der Waals surface area contributed by atoms with Crippen LogP contribution in [-0.2, 0) is 17.9 Å². The Morgan fingerprint density at radius 1 is 1.06 bits per heavy atom. The third-order valence-corrected chi connectivity index (χ3v) is 6.36. The van der Waals surface area contributed by atoms with Gasteiger partial charge in [-0.15, -0.1) is 0 Å². The molecule has 9 nitrogen and oxygen atoms in total. The van der Waals surface area contributed by atoms with Crippen LogP contribution in [0.15, 0.2) is 77.4 Å². The van der Waals surface area contributed by atoms with E-state index in [2.05, 4.69) is 10.4 Å². The van der Waals surface area contributed by atoms with Gasteiger partial charge in [0.15, 0.2) is 5.76 Å². The average Bonchev–Trinajstić information content (AvgIpc) is 3.58. The van der Waals surface area contributed by atoms with Crippen LogP contribution in [0.1, 0.15) is 23.0 Å². The molecule has 2 amide bonds. The van der Waals surface area contributed by atoms with E-state index < -0.39 is 5.54 Å². The van der Waals surface area contributed by atoms with E-state index in [-0.39, 0.29) is 18.4 Å². The van der Waals surface area contributed by atoms with Crippen molar-refractivity contribution in [2.45, 2.75) is 25.6 Å². The third kappa shape index (κ3) is 4.08. The number of carbonyl (C=O) groups excluding carboxylic acids is 2. The van der Waals surface area contributed by atoms with Gasteiger partial charge in [-0.3, -0.25) is 19.2 Å². The van der Waals surface area contributed by atoms with E-state index in [1.807, 2.05) is 24.3 Å². The van der Waals surface area contributed by atoms with Crippen molar-refractivity contribution in [2.24, 2.45) is 0 Å². The number of carbonyl (C=O) groups is 2. The largest absolute Gasteiger partial charge is 0.497 e. The topological polar surface area (TPSA) is 98.8 Å². The highest BCUT2D eigenvalue weighted by atomic mass is 16.5. The molecule has 1 unspecified atom stereocenters. The maximum absolute atomic E-state index is 13.8. The number of hydrogen-bond acceptors (Lipinski definition) is 6. The number of nitrogens with one attached hydrogen (secondary N) is 1. The van der Waals surface area contributed by atoms with E-state index >= 15 is 0 Å². The van der Waals surface area contributed by atoms with E-state index in [0.717, 1.165) is 11.3 Å². The van der Waals surface area contributed by atoms with E-state index in [1.54, 1.807) is 74.6 Å². The lowest BCUT2D eigenvalue weighted by atomic mass is 9.93. The minimum absolute atomic E-state index is 0.162. The number of amides is 2. The second-order valence-corrected chi connectivity index (χ2v) is 8.69. The van der Waals surface area contributed by atoms with Crippen LogP contribution >= 0.6 is 0 Å². The molecule has 4 aromatic rings. The fourth-order valence-electron chi connectivity index (χ4n) is 4.38. The first-order valence-corrected chi connectivity index (χ1v) is 11.4. The summed E-state index contributed by atoms with van der Waals surface area (Å²) in [6.45, 7) is 2.21. The predicted molar refractivity (Wildman–Crippen MR) is 133 cm³/mol. The third-order valence-electron chi connectivity index (χ3n) is 6.36. The lowest BCUT2D eigenvalue weighted by Gasteiger charge is -2.43. The second kappa shape index (κ2) is 9.26. The number of hydrogen-bond donors (Lipinski definition) is 1. The summed E-state index contributed by atoms with van der Waals surface area (Å²) >= 11 is 0. The molecule has 184 valence electrons. The molecule has 0 fully saturated rings. The first-order valence-electron chi connectivity index (χ1n) is 11.4. The molecule has 3 heterocycles. The maximum Gasteiger partial charge on any atom is 0.277 e. The summed E-state index contributed by atoms with van der Waals surface area (Å²) in [5, 5.41) is 7.57. The van der Waals surface area contributed by atoms with Crippen molar-refractivity contribution >= 4 is 17.5 Å². The van der Waals surface area contributed by atoms with Crippen LogP contribution < -0.4 is 19.7 Å². The standard InChI is InChI=1S/C27H26N4O5/c1-27(26(33)28-16-18-6-10-20(34-2)11-7-18)17-30-23(15-22(29-30)24-5-4-14-36-24)25(32)31(27)19-8-12-21(35-3)13-9-19/h4-15H,16-17H2,1-3H3,(H,28,33). The van der Waals surface area contributed by atoms with Gasteiger partial charge in [0.1, 0.15) is 28.4 Å². The lowest BCUT2D eigenvalue weighted by molar-refractivity contribution is -0.126. The zero-order chi connectivity index (χ0) is 25.3. The fourth-order valence-corrected chi connectivity index (χ4v) is 4.38. The molecule has 2 aromatic carbocycles. The van der Waals surface area contributed by atoms with Gasteiger partial charge in [-0.1, -0.05) is 12.1 Å². The van der Waals surface area contributed by atoms with E-state index in [0.29, 0.717) is 35.1 Å². The van der Waals surface area contributed by atoms with Gasteiger partial charge in [-0.2, -0.15) is 5.10 Å². The SMILES string of the molecule is COc1ccc(CNC(=O)C2(C)Cn3nc(-c4ccco4)cc3C(=O)N2c2ccc(OC)cc2)cc1. The van der Waals surface area contributed by atoms with Crippen molar-refractivity contribution in [3.63, 3.8) is 0 Å². The van der Waals surface area contributed by atoms with E-state index in [9.17, 15) is 9.59 Å². The van der Waals surface area contributed by atoms with Crippen molar-refractivity contribution < 1.29 is 23.5 Å². The molecule has 0 aliphatic carbocycles. The highest BCUT2D eigenvalue weighted by molar-refractivity contribution is 6.12. The molecule has 0 radical (unpaired) electrons. The van der Waals surface area contributed by atoms with Gasteiger partial charge in [0, 0.05) is 18.3 Å². The Morgan fingerprint density at radius 2 is 1.72 bits per heavy atom. The summed E-state index contributed by atoms with van der Waals surface area (Å²) < 4.78 is 17.5. The molecule has 0 spiro atoms. The number of benzene rings is 2. The normalized spacial score (nSPS) is 17.0. The van der Waals surface area contributed by atoms with Crippen LogP contribution in [0.25, 0.3) is 11.5 Å². The molecule has 5 rings (SSSR count). The lowest BCUT2D eigenvalue weighted by Crippen LogP contribution is -2.64. The Hall–Kier alpha value is -4.53. The number of rotatable bonds is 7. The Kier molecular flexibility index (Phi) is 5.97. The van der Waals surface area contributed by atoms with Gasteiger partial charge < -0.3 is 19.2 Å². The fraction of sp³-hybridized carbons (Fsp3) is 0.222. The monoisotopic (exact) mass is 486 g/mol. The average molecular weight is 487 g/mol. The van der Waals surface area contributed by atoms with Crippen LogP contribution in [0.2, 0.25) is 0 Å². The molecule has 1 aliphatic rings. The number of anilines is 1. The summed E-state index contributed by atoms with van der Waals surface area (Å²) in [5.41, 5.74) is 1.14. The van der Waals surface area contributed by atoms with E-state index in [1.165, 1.54) is 4.90 Å². The van der Waals surface area contributed by atoms with Gasteiger partial charge in [0.2, 0.25) is 5.91 Å². The zero-order valence-electron chi connectivity index (χ0n) is 20.2. The number of ether oxygens (including phenoxy) is 2. The molecule has 0 saturated heterocycles. The van der Waals surface area contributed by atoms with Gasteiger partial charge >= 0.3 is 0 Å². The smallest absolute Gasteiger partial charge is 0.277 e. The first kappa shape index (κ1) is 23.2. The van der Waals surface area contributed by atoms with Crippen molar-refractivity contribution in [2.75, 3.05) is 19.1 Å². The number of methoxy groups -OCH3 is 2. The molecule has 0 bridgehead atoms.